The van der Waals surface area contributed by atoms with E-state index in [2.05, 4.69) is 0 Å². The molecule has 1 nitrogen and oxygen atoms in total. The molecule has 0 amide bonds. The van der Waals surface area contributed by atoms with Crippen molar-refractivity contribution in [1.82, 2.24) is 0 Å². The summed E-state index contributed by atoms with van der Waals surface area (Å²) >= 11 is 1.42. The number of benzene rings is 1. The van der Waals surface area contributed by atoms with Crippen molar-refractivity contribution in [1.29, 1.82) is 0 Å². The second kappa shape index (κ2) is 5.59. The van der Waals surface area contributed by atoms with E-state index in [0.29, 0.717) is 5.75 Å². The van der Waals surface area contributed by atoms with E-state index in [-0.39, 0.29) is 12.2 Å². The highest BCUT2D eigenvalue weighted by Gasteiger charge is 2.34. The number of aliphatic hydroxyl groups excluding tert-OH is 1. The quantitative estimate of drug-likeness (QED) is 0.885. The number of hydrogen-bond donors (Lipinski definition) is 1. The molecular formula is C11H13F3OS. The molecule has 0 saturated carbocycles. The van der Waals surface area contributed by atoms with E-state index in [4.69, 9.17) is 5.11 Å². The summed E-state index contributed by atoms with van der Waals surface area (Å²) in [6, 6.07) is 5.41. The van der Waals surface area contributed by atoms with Gasteiger partial charge >= 0.3 is 6.18 Å². The molecule has 1 unspecified atom stereocenters. The summed E-state index contributed by atoms with van der Waals surface area (Å²) in [5.74, 6) is 0.0108. The highest BCUT2D eigenvalue weighted by atomic mass is 32.2. The Balaban J connectivity index is 3.11. The van der Waals surface area contributed by atoms with Crippen molar-refractivity contribution >= 4 is 11.8 Å². The number of halogens is 3. The molecule has 0 spiro atoms. The van der Waals surface area contributed by atoms with Gasteiger partial charge in [0, 0.05) is 11.7 Å². The van der Waals surface area contributed by atoms with Crippen LogP contribution in [0.2, 0.25) is 0 Å². The van der Waals surface area contributed by atoms with E-state index < -0.39 is 17.7 Å². The van der Waals surface area contributed by atoms with Gasteiger partial charge in [-0.25, -0.2) is 0 Å². The Bertz CT molecular complexity index is 338. The molecule has 0 aliphatic heterocycles. The molecule has 0 saturated heterocycles. The van der Waals surface area contributed by atoms with Crippen molar-refractivity contribution in [2.24, 2.45) is 0 Å². The Morgan fingerprint density at radius 1 is 1.31 bits per heavy atom. The van der Waals surface area contributed by atoms with Crippen molar-refractivity contribution in [2.45, 2.75) is 12.1 Å². The van der Waals surface area contributed by atoms with Gasteiger partial charge in [-0.1, -0.05) is 18.2 Å². The second-order valence-electron chi connectivity index (χ2n) is 3.42. The van der Waals surface area contributed by atoms with Gasteiger partial charge in [0.1, 0.15) is 0 Å². The number of thioether (sulfide) groups is 1. The summed E-state index contributed by atoms with van der Waals surface area (Å²) in [4.78, 5) is 0. The van der Waals surface area contributed by atoms with Crippen molar-refractivity contribution in [3.8, 4) is 0 Å². The molecule has 0 fully saturated rings. The van der Waals surface area contributed by atoms with E-state index in [1.807, 2.05) is 0 Å². The Labute approximate surface area is 96.7 Å². The fourth-order valence-electron chi connectivity index (χ4n) is 1.55. The van der Waals surface area contributed by atoms with Gasteiger partial charge in [-0.2, -0.15) is 24.9 Å². The molecule has 0 aromatic heterocycles. The van der Waals surface area contributed by atoms with Gasteiger partial charge in [-0.15, -0.1) is 0 Å². The number of hydrogen-bond acceptors (Lipinski definition) is 2. The van der Waals surface area contributed by atoms with Crippen molar-refractivity contribution in [3.63, 3.8) is 0 Å². The van der Waals surface area contributed by atoms with Gasteiger partial charge in [0.25, 0.3) is 0 Å². The normalized spacial score (nSPS) is 13.8. The summed E-state index contributed by atoms with van der Waals surface area (Å²) in [5, 5.41) is 9.12. The first-order valence-electron chi connectivity index (χ1n) is 4.76. The second-order valence-corrected chi connectivity index (χ2v) is 4.33. The third kappa shape index (κ3) is 3.15. The molecular weight excluding hydrogens is 237 g/mol. The van der Waals surface area contributed by atoms with Crippen LogP contribution in [0.25, 0.3) is 0 Å². The molecule has 1 N–H and O–H groups in total. The Morgan fingerprint density at radius 2 is 1.94 bits per heavy atom. The van der Waals surface area contributed by atoms with Crippen LogP contribution in [0.5, 0.6) is 0 Å². The van der Waals surface area contributed by atoms with Gasteiger partial charge in [0.2, 0.25) is 0 Å². The van der Waals surface area contributed by atoms with Crippen LogP contribution < -0.4 is 0 Å². The summed E-state index contributed by atoms with van der Waals surface area (Å²) in [5.41, 5.74) is -0.477. The van der Waals surface area contributed by atoms with E-state index >= 15 is 0 Å². The minimum Gasteiger partial charge on any atom is -0.396 e. The summed E-state index contributed by atoms with van der Waals surface area (Å²) in [7, 11) is 0. The molecule has 0 radical (unpaired) electrons. The van der Waals surface area contributed by atoms with E-state index in [1.54, 1.807) is 12.3 Å². The fraction of sp³-hybridized carbons (Fsp3) is 0.455. The van der Waals surface area contributed by atoms with Crippen molar-refractivity contribution < 1.29 is 18.3 Å². The van der Waals surface area contributed by atoms with Gasteiger partial charge in [-0.3, -0.25) is 0 Å². The van der Waals surface area contributed by atoms with Crippen LogP contribution in [0.3, 0.4) is 0 Å². The minimum absolute atomic E-state index is 0.173. The van der Waals surface area contributed by atoms with Crippen LogP contribution in [0.1, 0.15) is 17.0 Å². The van der Waals surface area contributed by atoms with Crippen LogP contribution in [-0.2, 0) is 6.18 Å². The first-order valence-corrected chi connectivity index (χ1v) is 6.16. The van der Waals surface area contributed by atoms with Gasteiger partial charge < -0.3 is 5.11 Å². The number of aliphatic hydroxyl groups is 1. The third-order valence-corrected chi connectivity index (χ3v) is 3.03. The standard InChI is InChI=1S/C11H13F3OS/c1-16-7-8(6-15)9-4-2-3-5-10(9)11(12,13)14/h2-5,8,15H,6-7H2,1H3. The Hall–Kier alpha value is -0.680. The molecule has 90 valence electrons. The van der Waals surface area contributed by atoms with Crippen molar-refractivity contribution in [3.05, 3.63) is 35.4 Å². The lowest BCUT2D eigenvalue weighted by molar-refractivity contribution is -0.138. The Kier molecular flexibility index (Phi) is 4.68. The monoisotopic (exact) mass is 250 g/mol. The number of rotatable bonds is 4. The van der Waals surface area contributed by atoms with Crippen LogP contribution in [0.4, 0.5) is 13.2 Å². The minimum atomic E-state index is -4.36. The Morgan fingerprint density at radius 3 is 2.44 bits per heavy atom. The summed E-state index contributed by atoms with van der Waals surface area (Å²) in [6.07, 6.45) is -2.55. The molecule has 1 atom stereocenters. The maximum absolute atomic E-state index is 12.7. The van der Waals surface area contributed by atoms with Crippen LogP contribution in [0.15, 0.2) is 24.3 Å². The van der Waals surface area contributed by atoms with Gasteiger partial charge in [0.05, 0.1) is 12.2 Å². The van der Waals surface area contributed by atoms with E-state index in [0.717, 1.165) is 6.07 Å². The zero-order valence-electron chi connectivity index (χ0n) is 8.79. The average molecular weight is 250 g/mol. The molecule has 1 rings (SSSR count). The SMILES string of the molecule is CSCC(CO)c1ccccc1C(F)(F)F. The van der Waals surface area contributed by atoms with Gasteiger partial charge in [0.15, 0.2) is 0 Å². The first-order chi connectivity index (χ1) is 7.50. The fourth-order valence-corrected chi connectivity index (χ4v) is 2.24. The largest absolute Gasteiger partial charge is 0.416 e. The van der Waals surface area contributed by atoms with Crippen LogP contribution >= 0.6 is 11.8 Å². The third-order valence-electron chi connectivity index (χ3n) is 2.29. The maximum Gasteiger partial charge on any atom is 0.416 e. The lowest BCUT2D eigenvalue weighted by Crippen LogP contribution is -2.15. The first kappa shape index (κ1) is 13.4. The highest BCUT2D eigenvalue weighted by Crippen LogP contribution is 2.35. The smallest absolute Gasteiger partial charge is 0.396 e. The molecule has 0 bridgehead atoms. The zero-order valence-corrected chi connectivity index (χ0v) is 9.61. The van der Waals surface area contributed by atoms with Crippen LogP contribution in [0, 0.1) is 0 Å². The summed E-state index contributed by atoms with van der Waals surface area (Å²) < 4.78 is 38.1. The lowest BCUT2D eigenvalue weighted by Gasteiger charge is -2.19. The molecule has 16 heavy (non-hydrogen) atoms. The molecule has 0 aliphatic carbocycles. The highest BCUT2D eigenvalue weighted by molar-refractivity contribution is 7.98. The van der Waals surface area contributed by atoms with E-state index in [1.165, 1.54) is 23.9 Å². The van der Waals surface area contributed by atoms with Crippen LogP contribution in [-0.4, -0.2) is 23.7 Å². The topological polar surface area (TPSA) is 20.2 Å². The van der Waals surface area contributed by atoms with E-state index in [9.17, 15) is 13.2 Å². The molecule has 1 aromatic rings. The molecule has 1 aromatic carbocycles. The number of alkyl halides is 3. The summed E-state index contributed by atoms with van der Waals surface area (Å²) in [6.45, 7) is -0.270. The van der Waals surface area contributed by atoms with Gasteiger partial charge in [-0.05, 0) is 17.9 Å². The maximum atomic E-state index is 12.7. The predicted octanol–water partition coefficient (Wildman–Crippen LogP) is 3.14. The molecule has 5 heteroatoms. The molecule has 0 aliphatic rings. The molecule has 0 heterocycles. The zero-order chi connectivity index (χ0) is 12.2. The van der Waals surface area contributed by atoms with Crippen molar-refractivity contribution in [2.75, 3.05) is 18.6 Å². The predicted molar refractivity (Wildman–Crippen MR) is 59.7 cm³/mol. The average Bonchev–Trinajstić information content (AvgIpc) is 2.25. The lowest BCUT2D eigenvalue weighted by atomic mass is 9.96.